The zero-order valence-electron chi connectivity index (χ0n) is 17.7. The Labute approximate surface area is 176 Å². The number of hydrogen-bond acceptors (Lipinski definition) is 5. The average Bonchev–Trinajstić information content (AvgIpc) is 3.06. The number of ether oxygens (including phenoxy) is 1. The Hall–Kier alpha value is -2.41. The highest BCUT2D eigenvalue weighted by Crippen LogP contribution is 2.32. The van der Waals surface area contributed by atoms with Gasteiger partial charge < -0.3 is 15.0 Å². The second-order valence-corrected chi connectivity index (χ2v) is 9.66. The summed E-state index contributed by atoms with van der Waals surface area (Å²) in [6, 6.07) is 7.74. The van der Waals surface area contributed by atoms with Gasteiger partial charge in [-0.3, -0.25) is 9.59 Å². The molecule has 6 nitrogen and oxygen atoms in total. The Kier molecular flexibility index (Phi) is 6.27. The van der Waals surface area contributed by atoms with Crippen LogP contribution in [0.15, 0.2) is 24.3 Å². The van der Waals surface area contributed by atoms with Crippen LogP contribution in [0, 0.1) is 18.3 Å². The highest BCUT2D eigenvalue weighted by atomic mass is 32.1. The smallest absolute Gasteiger partial charge is 0.229 e. The first-order valence-electron chi connectivity index (χ1n) is 9.91. The number of piperidine rings is 1. The van der Waals surface area contributed by atoms with Gasteiger partial charge in [0.15, 0.2) is 5.13 Å². The number of carbonyl (C=O) groups is 2. The summed E-state index contributed by atoms with van der Waals surface area (Å²) in [7, 11) is 1.64. The van der Waals surface area contributed by atoms with Gasteiger partial charge in [0, 0.05) is 34.9 Å². The lowest BCUT2D eigenvalue weighted by Gasteiger charge is -2.35. The molecule has 2 aromatic rings. The maximum absolute atomic E-state index is 12.7. The minimum absolute atomic E-state index is 0.0112. The van der Waals surface area contributed by atoms with E-state index >= 15 is 0 Å². The molecule has 2 heterocycles. The second-order valence-electron chi connectivity index (χ2n) is 8.46. The molecule has 3 rings (SSSR count). The minimum Gasteiger partial charge on any atom is -0.497 e. The Morgan fingerprint density at radius 2 is 1.79 bits per heavy atom. The summed E-state index contributed by atoms with van der Waals surface area (Å²) in [6.45, 7) is 9.05. The molecule has 1 fully saturated rings. The lowest BCUT2D eigenvalue weighted by atomic mass is 9.91. The molecule has 156 valence electrons. The standard InChI is InChI=1S/C22H29N3O3S/c1-14-18(15-6-8-17(28-5)9-7-15)23-21(29-14)24-19(26)16-10-12-25(13-11-16)20(27)22(2,3)4/h6-9,16H,10-13H2,1-5H3,(H,23,24,26). The summed E-state index contributed by atoms with van der Waals surface area (Å²) >= 11 is 1.48. The molecule has 7 heteroatoms. The molecule has 1 aliphatic rings. The molecule has 0 unspecified atom stereocenters. The van der Waals surface area contributed by atoms with E-state index in [-0.39, 0.29) is 23.1 Å². The van der Waals surface area contributed by atoms with Gasteiger partial charge in [0.05, 0.1) is 12.8 Å². The second kappa shape index (κ2) is 8.53. The number of nitrogens with one attached hydrogen (secondary N) is 1. The summed E-state index contributed by atoms with van der Waals surface area (Å²) < 4.78 is 5.20. The van der Waals surface area contributed by atoms with Crippen molar-refractivity contribution in [3.8, 4) is 17.0 Å². The number of anilines is 1. The normalized spacial score (nSPS) is 15.3. The van der Waals surface area contributed by atoms with Crippen molar-refractivity contribution in [1.82, 2.24) is 9.88 Å². The lowest BCUT2D eigenvalue weighted by Crippen LogP contribution is -2.45. The number of nitrogens with zero attached hydrogens (tertiary/aromatic N) is 2. The molecule has 1 N–H and O–H groups in total. The Balaban J connectivity index is 1.61. The summed E-state index contributed by atoms with van der Waals surface area (Å²) in [6.07, 6.45) is 1.37. The topological polar surface area (TPSA) is 71.5 Å². The SMILES string of the molecule is COc1ccc(-c2nc(NC(=O)C3CCN(C(=O)C(C)(C)C)CC3)sc2C)cc1. The third-order valence-electron chi connectivity index (χ3n) is 5.18. The molecular weight excluding hydrogens is 386 g/mol. The number of thiazole rings is 1. The maximum Gasteiger partial charge on any atom is 0.229 e. The number of carbonyl (C=O) groups excluding carboxylic acids is 2. The van der Waals surface area contributed by atoms with Crippen molar-refractivity contribution in [2.75, 3.05) is 25.5 Å². The zero-order chi connectivity index (χ0) is 21.2. The molecule has 0 aliphatic carbocycles. The van der Waals surface area contributed by atoms with Crippen LogP contribution < -0.4 is 10.1 Å². The molecule has 1 aromatic carbocycles. The van der Waals surface area contributed by atoms with Gasteiger partial charge in [0.1, 0.15) is 5.75 Å². The molecule has 1 aliphatic heterocycles. The first kappa shape index (κ1) is 21.3. The van der Waals surface area contributed by atoms with E-state index in [1.54, 1.807) is 7.11 Å². The van der Waals surface area contributed by atoms with Crippen LogP contribution in [0.3, 0.4) is 0 Å². The summed E-state index contributed by atoms with van der Waals surface area (Å²) in [5.74, 6) is 0.845. The molecule has 2 amide bonds. The number of methoxy groups -OCH3 is 1. The Morgan fingerprint density at radius 1 is 1.17 bits per heavy atom. The molecule has 1 saturated heterocycles. The lowest BCUT2D eigenvalue weighted by molar-refractivity contribution is -0.142. The Bertz CT molecular complexity index is 876. The summed E-state index contributed by atoms with van der Waals surface area (Å²) in [4.78, 5) is 32.7. The Morgan fingerprint density at radius 3 is 2.34 bits per heavy atom. The first-order chi connectivity index (χ1) is 13.7. The molecule has 29 heavy (non-hydrogen) atoms. The fraction of sp³-hybridized carbons (Fsp3) is 0.500. The van der Waals surface area contributed by atoms with Gasteiger partial charge in [-0.15, -0.1) is 11.3 Å². The van der Waals surface area contributed by atoms with E-state index in [9.17, 15) is 9.59 Å². The van der Waals surface area contributed by atoms with E-state index in [1.165, 1.54) is 11.3 Å². The number of aromatic nitrogens is 1. The molecule has 0 bridgehead atoms. The number of aryl methyl sites for hydroxylation is 1. The van der Waals surface area contributed by atoms with E-state index in [1.807, 2.05) is 56.9 Å². The van der Waals surface area contributed by atoms with Gasteiger partial charge in [-0.1, -0.05) is 20.8 Å². The third kappa shape index (κ3) is 4.96. The van der Waals surface area contributed by atoms with Gasteiger partial charge in [-0.05, 0) is 44.0 Å². The predicted octanol–water partition coefficient (Wildman–Crippen LogP) is 4.35. The fourth-order valence-electron chi connectivity index (χ4n) is 3.49. The quantitative estimate of drug-likeness (QED) is 0.806. The van der Waals surface area contributed by atoms with Crippen molar-refractivity contribution >= 4 is 28.3 Å². The average molecular weight is 416 g/mol. The van der Waals surface area contributed by atoms with E-state index in [0.29, 0.717) is 31.1 Å². The molecular formula is C22H29N3O3S. The number of amides is 2. The van der Waals surface area contributed by atoms with Crippen molar-refractivity contribution in [2.24, 2.45) is 11.3 Å². The van der Waals surface area contributed by atoms with Gasteiger partial charge in [0.2, 0.25) is 11.8 Å². The molecule has 0 atom stereocenters. The van der Waals surface area contributed by atoms with Crippen LogP contribution >= 0.6 is 11.3 Å². The van der Waals surface area contributed by atoms with Crippen molar-refractivity contribution in [3.05, 3.63) is 29.1 Å². The highest BCUT2D eigenvalue weighted by Gasteiger charge is 2.32. The summed E-state index contributed by atoms with van der Waals surface area (Å²) in [5, 5.41) is 3.60. The first-order valence-corrected chi connectivity index (χ1v) is 10.7. The number of likely N-dealkylation sites (tertiary alicyclic amines) is 1. The van der Waals surface area contributed by atoms with Crippen LogP contribution in [0.4, 0.5) is 5.13 Å². The van der Waals surface area contributed by atoms with Gasteiger partial charge in [0.25, 0.3) is 0 Å². The van der Waals surface area contributed by atoms with Crippen molar-refractivity contribution in [3.63, 3.8) is 0 Å². The van der Waals surface area contributed by atoms with Crippen LogP contribution in [-0.4, -0.2) is 41.9 Å². The third-order valence-corrected chi connectivity index (χ3v) is 6.07. The largest absolute Gasteiger partial charge is 0.497 e. The van der Waals surface area contributed by atoms with Gasteiger partial charge in [-0.25, -0.2) is 4.98 Å². The van der Waals surface area contributed by atoms with E-state index in [0.717, 1.165) is 21.9 Å². The molecule has 0 radical (unpaired) electrons. The summed E-state index contributed by atoms with van der Waals surface area (Å²) in [5.41, 5.74) is 1.48. The zero-order valence-corrected chi connectivity index (χ0v) is 18.6. The monoisotopic (exact) mass is 415 g/mol. The molecule has 0 spiro atoms. The number of hydrogen-bond donors (Lipinski definition) is 1. The predicted molar refractivity (Wildman–Crippen MR) is 116 cm³/mol. The van der Waals surface area contributed by atoms with E-state index in [4.69, 9.17) is 4.74 Å². The van der Waals surface area contributed by atoms with Crippen LogP contribution in [0.5, 0.6) is 5.75 Å². The fourth-order valence-corrected chi connectivity index (χ4v) is 4.33. The van der Waals surface area contributed by atoms with Crippen molar-refractivity contribution in [1.29, 1.82) is 0 Å². The number of benzene rings is 1. The highest BCUT2D eigenvalue weighted by molar-refractivity contribution is 7.16. The van der Waals surface area contributed by atoms with E-state index in [2.05, 4.69) is 10.3 Å². The maximum atomic E-state index is 12.7. The van der Waals surface area contributed by atoms with Gasteiger partial charge in [-0.2, -0.15) is 0 Å². The van der Waals surface area contributed by atoms with Crippen LogP contribution in [0.25, 0.3) is 11.3 Å². The van der Waals surface area contributed by atoms with Crippen LogP contribution in [0.2, 0.25) is 0 Å². The minimum atomic E-state index is -0.384. The van der Waals surface area contributed by atoms with E-state index < -0.39 is 0 Å². The molecule has 0 saturated carbocycles. The van der Waals surface area contributed by atoms with Crippen molar-refractivity contribution < 1.29 is 14.3 Å². The number of rotatable bonds is 4. The van der Waals surface area contributed by atoms with Crippen LogP contribution in [0.1, 0.15) is 38.5 Å². The van der Waals surface area contributed by atoms with Gasteiger partial charge >= 0.3 is 0 Å². The van der Waals surface area contributed by atoms with Crippen molar-refractivity contribution in [2.45, 2.75) is 40.5 Å². The molecule has 1 aromatic heterocycles. The van der Waals surface area contributed by atoms with Crippen LogP contribution in [-0.2, 0) is 9.59 Å².